The maximum absolute atomic E-state index is 14.5. The summed E-state index contributed by atoms with van der Waals surface area (Å²) in [5.41, 5.74) is 0.233. The monoisotopic (exact) mass is 472 g/mol. The number of hydrogen-bond donors (Lipinski definition) is 0. The Kier molecular flexibility index (Phi) is 6.72. The van der Waals surface area contributed by atoms with Crippen LogP contribution in [0, 0.1) is 23.6 Å². The molecule has 2 heterocycles. The molecule has 2 amide bonds. The second-order valence-electron chi connectivity index (χ2n) is 11.0. The number of hydrogen-bond acceptors (Lipinski definition) is 4. The molecule has 2 unspecified atom stereocenters. The average Bonchev–Trinajstić information content (AvgIpc) is 3.69. The Labute approximate surface area is 201 Å². The maximum Gasteiger partial charge on any atom is 0.410 e. The van der Waals surface area contributed by atoms with E-state index in [-0.39, 0.29) is 29.8 Å². The molecule has 6 nitrogen and oxygen atoms in total. The normalized spacial score (nSPS) is 25.8. The number of ether oxygens (including phenoxy) is 2. The highest BCUT2D eigenvalue weighted by molar-refractivity contribution is 5.79. The van der Waals surface area contributed by atoms with Gasteiger partial charge in [0, 0.05) is 32.2 Å². The number of rotatable bonds is 8. The van der Waals surface area contributed by atoms with Gasteiger partial charge in [-0.05, 0) is 87.7 Å². The van der Waals surface area contributed by atoms with E-state index in [1.165, 1.54) is 12.5 Å². The fourth-order valence-corrected chi connectivity index (χ4v) is 5.57. The SMILES string of the molecule is CC1(OC(=O)N2CCC(C3CC3CCOc3ccc(CC(=O)N4CCCC4)c(F)c3)CC2)CC1. The highest BCUT2D eigenvalue weighted by atomic mass is 19.1. The minimum absolute atomic E-state index is 0.00441. The Bertz CT molecular complexity index is 904. The topological polar surface area (TPSA) is 59.1 Å². The van der Waals surface area contributed by atoms with Crippen molar-refractivity contribution in [1.29, 1.82) is 0 Å². The van der Waals surface area contributed by atoms with Crippen LogP contribution in [0.3, 0.4) is 0 Å². The minimum Gasteiger partial charge on any atom is -0.493 e. The fraction of sp³-hybridized carbons (Fsp3) is 0.704. The van der Waals surface area contributed by atoms with Gasteiger partial charge < -0.3 is 19.3 Å². The molecule has 4 fully saturated rings. The van der Waals surface area contributed by atoms with Gasteiger partial charge in [-0.1, -0.05) is 6.07 Å². The molecule has 5 rings (SSSR count). The molecule has 2 saturated heterocycles. The molecule has 34 heavy (non-hydrogen) atoms. The van der Waals surface area contributed by atoms with Crippen molar-refractivity contribution >= 4 is 12.0 Å². The lowest BCUT2D eigenvalue weighted by atomic mass is 9.91. The summed E-state index contributed by atoms with van der Waals surface area (Å²) in [7, 11) is 0. The van der Waals surface area contributed by atoms with Crippen molar-refractivity contribution in [3.05, 3.63) is 29.6 Å². The lowest BCUT2D eigenvalue weighted by Gasteiger charge is -2.32. The van der Waals surface area contributed by atoms with Gasteiger partial charge in [0.15, 0.2) is 0 Å². The van der Waals surface area contributed by atoms with Gasteiger partial charge in [-0.15, -0.1) is 0 Å². The Morgan fingerprint density at radius 1 is 1.09 bits per heavy atom. The molecule has 2 aliphatic heterocycles. The van der Waals surface area contributed by atoms with Crippen molar-refractivity contribution < 1.29 is 23.5 Å². The zero-order valence-corrected chi connectivity index (χ0v) is 20.3. The van der Waals surface area contributed by atoms with Crippen molar-refractivity contribution in [2.75, 3.05) is 32.8 Å². The predicted molar refractivity (Wildman–Crippen MR) is 126 cm³/mol. The van der Waals surface area contributed by atoms with E-state index in [0.717, 1.165) is 77.0 Å². The van der Waals surface area contributed by atoms with E-state index in [0.29, 0.717) is 29.8 Å². The molecule has 0 bridgehead atoms. The number of amides is 2. The quantitative estimate of drug-likeness (QED) is 0.546. The number of halogens is 1. The van der Waals surface area contributed by atoms with Crippen molar-refractivity contribution in [3.8, 4) is 5.75 Å². The third kappa shape index (κ3) is 5.66. The molecule has 4 aliphatic rings. The summed E-state index contributed by atoms with van der Waals surface area (Å²) >= 11 is 0. The molecule has 186 valence electrons. The van der Waals surface area contributed by atoms with E-state index in [1.54, 1.807) is 12.1 Å². The molecule has 0 aromatic heterocycles. The molecule has 0 N–H and O–H groups in total. The van der Waals surface area contributed by atoms with E-state index in [9.17, 15) is 14.0 Å². The van der Waals surface area contributed by atoms with Crippen LogP contribution in [-0.2, 0) is 16.0 Å². The van der Waals surface area contributed by atoms with Crippen LogP contribution in [0.4, 0.5) is 9.18 Å². The van der Waals surface area contributed by atoms with E-state index >= 15 is 0 Å². The van der Waals surface area contributed by atoms with Gasteiger partial charge in [0.25, 0.3) is 0 Å². The molecule has 1 aromatic carbocycles. The summed E-state index contributed by atoms with van der Waals surface area (Å²) in [4.78, 5) is 28.3. The van der Waals surface area contributed by atoms with Gasteiger partial charge >= 0.3 is 6.09 Å². The first-order valence-corrected chi connectivity index (χ1v) is 13.1. The van der Waals surface area contributed by atoms with E-state index in [2.05, 4.69) is 0 Å². The molecular formula is C27H37FN2O4. The van der Waals surface area contributed by atoms with E-state index < -0.39 is 0 Å². The number of carbonyl (C=O) groups excluding carboxylic acids is 2. The third-order valence-corrected chi connectivity index (χ3v) is 8.25. The van der Waals surface area contributed by atoms with Crippen LogP contribution in [0.2, 0.25) is 0 Å². The minimum atomic E-state index is -0.365. The summed E-state index contributed by atoms with van der Waals surface area (Å²) in [6.45, 7) is 5.75. The number of benzene rings is 1. The number of piperidine rings is 1. The van der Waals surface area contributed by atoms with Gasteiger partial charge in [-0.2, -0.15) is 0 Å². The molecule has 2 aliphatic carbocycles. The van der Waals surface area contributed by atoms with Gasteiger partial charge in [0.1, 0.15) is 17.2 Å². The molecule has 2 saturated carbocycles. The van der Waals surface area contributed by atoms with Crippen LogP contribution in [-0.4, -0.2) is 60.2 Å². The van der Waals surface area contributed by atoms with Gasteiger partial charge in [-0.3, -0.25) is 4.79 Å². The van der Waals surface area contributed by atoms with Crippen LogP contribution in [0.5, 0.6) is 5.75 Å². The Hall–Kier alpha value is -2.31. The summed E-state index contributed by atoms with van der Waals surface area (Å²) in [6.07, 6.45) is 8.32. The zero-order chi connectivity index (χ0) is 23.7. The molecule has 0 radical (unpaired) electrons. The largest absolute Gasteiger partial charge is 0.493 e. The smallest absolute Gasteiger partial charge is 0.410 e. The standard InChI is InChI=1S/C27H37FN2O4/c1-27(9-10-27)34-26(32)30-13-6-19(7-14-30)23-16-20(23)8-15-33-22-5-4-21(24(28)18-22)17-25(31)29-11-2-3-12-29/h4-5,18-20,23H,2-3,6-17H2,1H3. The molecule has 0 spiro atoms. The van der Waals surface area contributed by atoms with E-state index in [4.69, 9.17) is 9.47 Å². The summed E-state index contributed by atoms with van der Waals surface area (Å²) in [5.74, 6) is 2.23. The first kappa shape index (κ1) is 23.4. The van der Waals surface area contributed by atoms with Crippen LogP contribution >= 0.6 is 0 Å². The second-order valence-corrected chi connectivity index (χ2v) is 11.0. The fourth-order valence-electron chi connectivity index (χ4n) is 5.57. The number of carbonyl (C=O) groups is 2. The first-order valence-electron chi connectivity index (χ1n) is 13.1. The first-order chi connectivity index (χ1) is 16.4. The van der Waals surface area contributed by atoms with Crippen molar-refractivity contribution in [2.24, 2.45) is 17.8 Å². The van der Waals surface area contributed by atoms with E-state index in [1.807, 2.05) is 16.7 Å². The molecule has 1 aromatic rings. The Morgan fingerprint density at radius 2 is 1.82 bits per heavy atom. The van der Waals surface area contributed by atoms with Gasteiger partial charge in [-0.25, -0.2) is 9.18 Å². The predicted octanol–water partition coefficient (Wildman–Crippen LogP) is 4.80. The summed E-state index contributed by atoms with van der Waals surface area (Å²) < 4.78 is 25.9. The van der Waals surface area contributed by atoms with Crippen molar-refractivity contribution in [2.45, 2.75) is 70.3 Å². The number of nitrogens with zero attached hydrogens (tertiary/aromatic N) is 2. The highest BCUT2D eigenvalue weighted by Gasteiger charge is 2.45. The number of likely N-dealkylation sites (tertiary alicyclic amines) is 2. The van der Waals surface area contributed by atoms with Crippen molar-refractivity contribution in [3.63, 3.8) is 0 Å². The van der Waals surface area contributed by atoms with Crippen LogP contribution < -0.4 is 4.74 Å². The zero-order valence-electron chi connectivity index (χ0n) is 20.3. The Morgan fingerprint density at radius 3 is 2.50 bits per heavy atom. The highest BCUT2D eigenvalue weighted by Crippen LogP contribution is 2.50. The van der Waals surface area contributed by atoms with Crippen LogP contribution in [0.1, 0.15) is 63.9 Å². The lowest BCUT2D eigenvalue weighted by molar-refractivity contribution is -0.129. The Balaban J connectivity index is 0.999. The van der Waals surface area contributed by atoms with Gasteiger partial charge in [0.05, 0.1) is 13.0 Å². The van der Waals surface area contributed by atoms with Crippen LogP contribution in [0.15, 0.2) is 18.2 Å². The second kappa shape index (κ2) is 9.74. The summed E-state index contributed by atoms with van der Waals surface area (Å²) in [5, 5.41) is 0. The molecule has 7 heteroatoms. The van der Waals surface area contributed by atoms with Crippen molar-refractivity contribution in [1.82, 2.24) is 9.80 Å². The molecular weight excluding hydrogens is 435 g/mol. The van der Waals surface area contributed by atoms with Crippen LogP contribution in [0.25, 0.3) is 0 Å². The third-order valence-electron chi connectivity index (χ3n) is 8.25. The lowest BCUT2D eigenvalue weighted by Crippen LogP contribution is -2.40. The molecule has 2 atom stereocenters. The maximum atomic E-state index is 14.5. The van der Waals surface area contributed by atoms with Gasteiger partial charge in [0.2, 0.25) is 5.91 Å². The summed E-state index contributed by atoms with van der Waals surface area (Å²) in [6, 6.07) is 4.87. The average molecular weight is 473 g/mol.